The molecule has 1 saturated heterocycles. The van der Waals surface area contributed by atoms with Crippen LogP contribution < -0.4 is 11.1 Å². The molecule has 1 atom stereocenters. The molecule has 1 unspecified atom stereocenters. The van der Waals surface area contributed by atoms with Gasteiger partial charge in [0.15, 0.2) is 5.54 Å². The van der Waals surface area contributed by atoms with Gasteiger partial charge >= 0.3 is 5.97 Å². The molecule has 0 bridgehead atoms. The predicted molar refractivity (Wildman–Crippen MR) is 68.6 cm³/mol. The van der Waals surface area contributed by atoms with E-state index in [0.717, 1.165) is 32.1 Å². The minimum Gasteiger partial charge on any atom is -0.479 e. The summed E-state index contributed by atoms with van der Waals surface area (Å²) in [5.41, 5.74) is 4.48. The highest BCUT2D eigenvalue weighted by Crippen LogP contribution is 2.29. The van der Waals surface area contributed by atoms with Crippen LogP contribution in [-0.4, -0.2) is 41.3 Å². The number of amides is 1. The molecule has 1 aliphatic carbocycles. The smallest absolute Gasteiger partial charge is 0.331 e. The van der Waals surface area contributed by atoms with Gasteiger partial charge in [0.25, 0.3) is 0 Å². The maximum absolute atomic E-state index is 12.1. The van der Waals surface area contributed by atoms with Crippen molar-refractivity contribution in [2.75, 3.05) is 13.2 Å². The third-order valence-electron chi connectivity index (χ3n) is 4.17. The molecule has 1 heterocycles. The highest BCUT2D eigenvalue weighted by Gasteiger charge is 2.44. The zero-order valence-electron chi connectivity index (χ0n) is 11.1. The summed E-state index contributed by atoms with van der Waals surface area (Å²) >= 11 is 0. The number of carbonyl (C=O) groups is 2. The van der Waals surface area contributed by atoms with E-state index in [4.69, 9.17) is 10.5 Å². The maximum atomic E-state index is 12.1. The van der Waals surface area contributed by atoms with Crippen LogP contribution in [-0.2, 0) is 14.3 Å². The van der Waals surface area contributed by atoms with E-state index in [2.05, 4.69) is 5.32 Å². The second kappa shape index (κ2) is 5.46. The van der Waals surface area contributed by atoms with Crippen LogP contribution >= 0.6 is 0 Å². The zero-order valence-corrected chi connectivity index (χ0v) is 11.1. The maximum Gasteiger partial charge on any atom is 0.331 e. The quantitative estimate of drug-likeness (QED) is 0.686. The van der Waals surface area contributed by atoms with Gasteiger partial charge < -0.3 is 20.9 Å². The number of hydrogen-bond donors (Lipinski definition) is 3. The van der Waals surface area contributed by atoms with Crippen LogP contribution in [0.1, 0.15) is 44.9 Å². The molecule has 0 aromatic heterocycles. The molecule has 2 fully saturated rings. The van der Waals surface area contributed by atoms with Gasteiger partial charge in [0, 0.05) is 25.0 Å². The molecule has 0 radical (unpaired) electrons. The van der Waals surface area contributed by atoms with Crippen molar-refractivity contribution in [1.29, 1.82) is 0 Å². The Morgan fingerprint density at radius 1 is 1.21 bits per heavy atom. The van der Waals surface area contributed by atoms with Crippen LogP contribution in [0.4, 0.5) is 0 Å². The van der Waals surface area contributed by atoms with E-state index in [9.17, 15) is 14.7 Å². The normalized spacial score (nSPS) is 29.9. The molecular weight excluding hydrogens is 248 g/mol. The van der Waals surface area contributed by atoms with Gasteiger partial charge in [0.1, 0.15) is 0 Å². The lowest BCUT2D eigenvalue weighted by molar-refractivity contribution is -0.147. The van der Waals surface area contributed by atoms with Gasteiger partial charge in [-0.1, -0.05) is 19.3 Å². The fourth-order valence-electron chi connectivity index (χ4n) is 2.95. The number of carbonyl (C=O) groups excluding carboxylic acids is 1. The Bertz CT molecular complexity index is 358. The standard InChI is InChI=1S/C13H22N2O4/c14-12(4-2-1-3-5-12)8-10(16)15-13(11(17)18)6-7-19-9-13/h1-9,14H2,(H,15,16)(H,17,18). The van der Waals surface area contributed by atoms with Crippen molar-refractivity contribution in [2.24, 2.45) is 5.73 Å². The molecule has 2 aliphatic rings. The first-order valence-corrected chi connectivity index (χ1v) is 6.87. The average molecular weight is 270 g/mol. The number of carboxylic acid groups (broad SMARTS) is 1. The Morgan fingerprint density at radius 3 is 2.42 bits per heavy atom. The summed E-state index contributed by atoms with van der Waals surface area (Å²) in [5, 5.41) is 11.9. The number of rotatable bonds is 4. The highest BCUT2D eigenvalue weighted by molar-refractivity contribution is 5.87. The van der Waals surface area contributed by atoms with Crippen LogP contribution in [0, 0.1) is 0 Å². The van der Waals surface area contributed by atoms with Crippen molar-refractivity contribution in [3.05, 3.63) is 0 Å². The molecule has 0 aromatic rings. The van der Waals surface area contributed by atoms with E-state index in [0.29, 0.717) is 13.0 Å². The molecule has 6 nitrogen and oxygen atoms in total. The Hall–Kier alpha value is -1.14. The second-order valence-corrected chi connectivity index (χ2v) is 5.84. The summed E-state index contributed by atoms with van der Waals surface area (Å²) in [7, 11) is 0. The molecule has 1 amide bonds. The number of ether oxygens (including phenoxy) is 1. The number of hydrogen-bond acceptors (Lipinski definition) is 4. The van der Waals surface area contributed by atoms with Crippen LogP contribution in [0.2, 0.25) is 0 Å². The first-order valence-electron chi connectivity index (χ1n) is 6.87. The van der Waals surface area contributed by atoms with E-state index in [1.54, 1.807) is 0 Å². The van der Waals surface area contributed by atoms with Crippen molar-refractivity contribution in [3.8, 4) is 0 Å². The van der Waals surface area contributed by atoms with E-state index < -0.39 is 17.0 Å². The Labute approximate surface area is 112 Å². The summed E-state index contributed by atoms with van der Waals surface area (Å²) in [4.78, 5) is 23.4. The molecule has 1 saturated carbocycles. The fraction of sp³-hybridized carbons (Fsp3) is 0.846. The minimum atomic E-state index is -1.26. The predicted octanol–water partition coefficient (Wildman–Crippen LogP) is 0.398. The van der Waals surface area contributed by atoms with E-state index in [-0.39, 0.29) is 18.9 Å². The molecule has 0 aromatic carbocycles. The zero-order chi connectivity index (χ0) is 13.9. The lowest BCUT2D eigenvalue weighted by Gasteiger charge is -2.34. The number of carboxylic acids is 1. The van der Waals surface area contributed by atoms with E-state index in [1.807, 2.05) is 0 Å². The van der Waals surface area contributed by atoms with Crippen molar-refractivity contribution >= 4 is 11.9 Å². The van der Waals surface area contributed by atoms with Gasteiger partial charge in [-0.3, -0.25) is 4.79 Å². The van der Waals surface area contributed by atoms with Gasteiger partial charge in [0.05, 0.1) is 6.61 Å². The van der Waals surface area contributed by atoms with Gasteiger partial charge in [-0.25, -0.2) is 4.79 Å². The van der Waals surface area contributed by atoms with Crippen LogP contribution in [0.25, 0.3) is 0 Å². The number of nitrogens with one attached hydrogen (secondary N) is 1. The fourth-order valence-corrected chi connectivity index (χ4v) is 2.95. The number of aliphatic carboxylic acids is 1. The lowest BCUT2D eigenvalue weighted by atomic mass is 9.80. The van der Waals surface area contributed by atoms with Crippen molar-refractivity contribution in [3.63, 3.8) is 0 Å². The highest BCUT2D eigenvalue weighted by atomic mass is 16.5. The van der Waals surface area contributed by atoms with Crippen molar-refractivity contribution in [1.82, 2.24) is 5.32 Å². The van der Waals surface area contributed by atoms with Gasteiger partial charge in [-0.05, 0) is 12.8 Å². The molecule has 4 N–H and O–H groups in total. The Morgan fingerprint density at radius 2 is 1.89 bits per heavy atom. The molecule has 2 rings (SSSR count). The SMILES string of the molecule is NC1(CC(=O)NC2(C(=O)O)CCOC2)CCCCC1. The third kappa shape index (κ3) is 3.25. The molecule has 1 aliphatic heterocycles. The lowest BCUT2D eigenvalue weighted by Crippen LogP contribution is -2.57. The second-order valence-electron chi connectivity index (χ2n) is 5.84. The van der Waals surface area contributed by atoms with Crippen molar-refractivity contribution < 1.29 is 19.4 Å². The van der Waals surface area contributed by atoms with Crippen LogP contribution in [0.3, 0.4) is 0 Å². The molecule has 6 heteroatoms. The van der Waals surface area contributed by atoms with Gasteiger partial charge in [-0.2, -0.15) is 0 Å². The van der Waals surface area contributed by atoms with Crippen LogP contribution in [0.15, 0.2) is 0 Å². The van der Waals surface area contributed by atoms with Crippen molar-refractivity contribution in [2.45, 2.75) is 56.0 Å². The third-order valence-corrected chi connectivity index (χ3v) is 4.17. The average Bonchev–Trinajstić information content (AvgIpc) is 2.78. The first kappa shape index (κ1) is 14.3. The molecule has 108 valence electrons. The summed E-state index contributed by atoms with van der Waals surface area (Å²) in [6.45, 7) is 0.395. The molecular formula is C13H22N2O4. The topological polar surface area (TPSA) is 102 Å². The molecule has 0 spiro atoms. The monoisotopic (exact) mass is 270 g/mol. The summed E-state index contributed by atoms with van der Waals surface area (Å²) < 4.78 is 5.11. The summed E-state index contributed by atoms with van der Waals surface area (Å²) in [6, 6.07) is 0. The van der Waals surface area contributed by atoms with Crippen LogP contribution in [0.5, 0.6) is 0 Å². The summed E-state index contributed by atoms with van der Waals surface area (Å²) in [5.74, 6) is -1.31. The minimum absolute atomic E-state index is 0.0334. The largest absolute Gasteiger partial charge is 0.479 e. The Kier molecular flexibility index (Phi) is 4.10. The summed E-state index contributed by atoms with van der Waals surface area (Å²) in [6.07, 6.45) is 5.41. The Balaban J connectivity index is 1.94. The number of nitrogens with two attached hydrogens (primary N) is 1. The van der Waals surface area contributed by atoms with E-state index >= 15 is 0 Å². The first-order chi connectivity index (χ1) is 8.96. The van der Waals surface area contributed by atoms with E-state index in [1.165, 1.54) is 0 Å². The van der Waals surface area contributed by atoms with Gasteiger partial charge in [0.2, 0.25) is 5.91 Å². The molecule has 19 heavy (non-hydrogen) atoms. The van der Waals surface area contributed by atoms with Gasteiger partial charge in [-0.15, -0.1) is 0 Å².